The summed E-state index contributed by atoms with van der Waals surface area (Å²) in [7, 11) is 1.74. The molecule has 1 amide bonds. The first-order valence-electron chi connectivity index (χ1n) is 4.46. The Morgan fingerprint density at radius 2 is 2.47 bits per heavy atom. The number of carbonyl (C=O) groups excluding carboxylic acids is 1. The largest absolute Gasteiger partial charge is 0.480 e. The Morgan fingerprint density at radius 3 is 2.87 bits per heavy atom. The molecule has 82 valence electrons. The zero-order valence-corrected chi connectivity index (χ0v) is 8.60. The Bertz CT molecular complexity index is 373. The summed E-state index contributed by atoms with van der Waals surface area (Å²) in [6, 6.07) is 0.889. The lowest BCUT2D eigenvalue weighted by Gasteiger charge is -2.10. The van der Waals surface area contributed by atoms with Crippen molar-refractivity contribution in [3.8, 4) is 0 Å². The summed E-state index contributed by atoms with van der Waals surface area (Å²) in [5.41, 5.74) is 1.59. The average molecular weight is 211 g/mol. The first kappa shape index (κ1) is 11.2. The second kappa shape index (κ2) is 4.59. The van der Waals surface area contributed by atoms with Crippen LogP contribution < -0.4 is 5.32 Å². The van der Waals surface area contributed by atoms with Crippen LogP contribution in [0.2, 0.25) is 0 Å². The van der Waals surface area contributed by atoms with Gasteiger partial charge in [0.05, 0.1) is 5.69 Å². The molecule has 0 radical (unpaired) electrons. The predicted octanol–water partition coefficient (Wildman–Crippen LogP) is -0.530. The van der Waals surface area contributed by atoms with Crippen LogP contribution in [0.3, 0.4) is 0 Å². The van der Waals surface area contributed by atoms with E-state index < -0.39 is 12.0 Å². The van der Waals surface area contributed by atoms with Gasteiger partial charge in [-0.3, -0.25) is 9.48 Å². The van der Waals surface area contributed by atoms with E-state index >= 15 is 0 Å². The highest BCUT2D eigenvalue weighted by Gasteiger charge is 2.18. The predicted molar refractivity (Wildman–Crippen MR) is 52.3 cm³/mol. The van der Waals surface area contributed by atoms with Crippen molar-refractivity contribution in [2.45, 2.75) is 19.4 Å². The number of nitrogens with one attached hydrogen (secondary N) is 1. The highest BCUT2D eigenvalue weighted by molar-refractivity contribution is 5.76. The van der Waals surface area contributed by atoms with Crippen LogP contribution in [0.25, 0.3) is 0 Å². The molecule has 1 unspecified atom stereocenters. The molecule has 0 fully saturated rings. The lowest BCUT2D eigenvalue weighted by Crippen LogP contribution is -2.38. The van der Waals surface area contributed by atoms with Crippen molar-refractivity contribution >= 4 is 12.4 Å². The van der Waals surface area contributed by atoms with Crippen LogP contribution >= 0.6 is 0 Å². The third-order valence-corrected chi connectivity index (χ3v) is 2.08. The standard InChI is InChI=1S/C9H13N3O3/c1-6-3-7(12(2)11-6)4-8(9(14)15)10-5-13/h3,5,8H,4H2,1-2H3,(H,10,13)(H,14,15). The number of carboxylic acid groups (broad SMARTS) is 1. The molecule has 2 N–H and O–H groups in total. The number of amides is 1. The first-order chi connectivity index (χ1) is 7.04. The summed E-state index contributed by atoms with van der Waals surface area (Å²) < 4.78 is 1.61. The summed E-state index contributed by atoms with van der Waals surface area (Å²) in [5, 5.41) is 15.1. The molecule has 0 spiro atoms. The molecule has 0 bridgehead atoms. The second-order valence-electron chi connectivity index (χ2n) is 3.28. The van der Waals surface area contributed by atoms with Crippen LogP contribution in [0.15, 0.2) is 6.07 Å². The van der Waals surface area contributed by atoms with Crippen molar-refractivity contribution < 1.29 is 14.7 Å². The Balaban J connectivity index is 2.77. The van der Waals surface area contributed by atoms with Crippen molar-refractivity contribution in [3.05, 3.63) is 17.5 Å². The molecule has 1 atom stereocenters. The number of carboxylic acids is 1. The van der Waals surface area contributed by atoms with Gasteiger partial charge < -0.3 is 10.4 Å². The van der Waals surface area contributed by atoms with Crippen LogP contribution in [-0.4, -0.2) is 33.3 Å². The van der Waals surface area contributed by atoms with Crippen molar-refractivity contribution in [2.24, 2.45) is 7.05 Å². The topological polar surface area (TPSA) is 84.2 Å². The fourth-order valence-corrected chi connectivity index (χ4v) is 1.36. The highest BCUT2D eigenvalue weighted by Crippen LogP contribution is 2.05. The van der Waals surface area contributed by atoms with E-state index in [0.29, 0.717) is 6.41 Å². The van der Waals surface area contributed by atoms with Gasteiger partial charge in [0.1, 0.15) is 6.04 Å². The minimum Gasteiger partial charge on any atom is -0.480 e. The summed E-state index contributed by atoms with van der Waals surface area (Å²) in [6.07, 6.45) is 0.618. The number of aromatic nitrogens is 2. The summed E-state index contributed by atoms with van der Waals surface area (Å²) in [4.78, 5) is 21.0. The van der Waals surface area contributed by atoms with Crippen LogP contribution in [0.1, 0.15) is 11.4 Å². The van der Waals surface area contributed by atoms with Gasteiger partial charge in [-0.25, -0.2) is 4.79 Å². The quantitative estimate of drug-likeness (QED) is 0.641. The van der Waals surface area contributed by atoms with Gasteiger partial charge in [0.15, 0.2) is 0 Å². The van der Waals surface area contributed by atoms with Crippen molar-refractivity contribution in [3.63, 3.8) is 0 Å². The van der Waals surface area contributed by atoms with Gasteiger partial charge in [0.25, 0.3) is 0 Å². The minimum atomic E-state index is -1.05. The van der Waals surface area contributed by atoms with Crippen molar-refractivity contribution in [1.82, 2.24) is 15.1 Å². The van der Waals surface area contributed by atoms with Gasteiger partial charge in [0.2, 0.25) is 6.41 Å². The van der Waals surface area contributed by atoms with Crippen molar-refractivity contribution in [1.29, 1.82) is 0 Å². The van der Waals surface area contributed by atoms with E-state index in [9.17, 15) is 9.59 Å². The van der Waals surface area contributed by atoms with Gasteiger partial charge in [-0.1, -0.05) is 0 Å². The molecule has 6 heteroatoms. The maximum atomic E-state index is 10.8. The highest BCUT2D eigenvalue weighted by atomic mass is 16.4. The van der Waals surface area contributed by atoms with Gasteiger partial charge in [-0.15, -0.1) is 0 Å². The molecule has 0 aliphatic heterocycles. The maximum Gasteiger partial charge on any atom is 0.326 e. The van der Waals surface area contributed by atoms with Gasteiger partial charge in [0, 0.05) is 19.2 Å². The van der Waals surface area contributed by atoms with Crippen LogP contribution in [-0.2, 0) is 23.1 Å². The molecule has 0 aromatic carbocycles. The number of hydrogen-bond donors (Lipinski definition) is 2. The zero-order chi connectivity index (χ0) is 11.4. The molecule has 1 aromatic heterocycles. The maximum absolute atomic E-state index is 10.8. The third kappa shape index (κ3) is 2.80. The van der Waals surface area contributed by atoms with E-state index in [-0.39, 0.29) is 6.42 Å². The molecule has 0 saturated carbocycles. The SMILES string of the molecule is Cc1cc(CC(NC=O)C(=O)O)n(C)n1. The molecule has 0 saturated heterocycles. The minimum absolute atomic E-state index is 0.228. The zero-order valence-electron chi connectivity index (χ0n) is 8.60. The van der Waals surface area contributed by atoms with E-state index in [2.05, 4.69) is 10.4 Å². The Hall–Kier alpha value is -1.85. The molecule has 1 rings (SSSR count). The fraction of sp³-hybridized carbons (Fsp3) is 0.444. The second-order valence-corrected chi connectivity index (χ2v) is 3.28. The van der Waals surface area contributed by atoms with E-state index in [1.807, 2.05) is 6.92 Å². The Morgan fingerprint density at radius 1 is 1.80 bits per heavy atom. The lowest BCUT2D eigenvalue weighted by atomic mass is 10.1. The molecule has 1 heterocycles. The van der Waals surface area contributed by atoms with Gasteiger partial charge in [-0.05, 0) is 13.0 Å². The Kier molecular flexibility index (Phi) is 3.43. The lowest BCUT2D eigenvalue weighted by molar-refractivity contribution is -0.140. The Labute approximate surface area is 86.9 Å². The van der Waals surface area contributed by atoms with Crippen LogP contribution in [0, 0.1) is 6.92 Å². The van der Waals surface area contributed by atoms with E-state index in [0.717, 1.165) is 11.4 Å². The summed E-state index contributed by atoms with van der Waals surface area (Å²) in [5.74, 6) is -1.05. The summed E-state index contributed by atoms with van der Waals surface area (Å²) >= 11 is 0. The average Bonchev–Trinajstić information content (AvgIpc) is 2.44. The summed E-state index contributed by atoms with van der Waals surface area (Å²) in [6.45, 7) is 1.83. The van der Waals surface area contributed by atoms with E-state index in [1.54, 1.807) is 17.8 Å². The van der Waals surface area contributed by atoms with Crippen LogP contribution in [0.5, 0.6) is 0 Å². The third-order valence-electron chi connectivity index (χ3n) is 2.08. The van der Waals surface area contributed by atoms with E-state index in [4.69, 9.17) is 5.11 Å². The molecule has 0 aliphatic carbocycles. The molecule has 0 aliphatic rings. The molecular formula is C9H13N3O3. The van der Waals surface area contributed by atoms with Crippen molar-refractivity contribution in [2.75, 3.05) is 0 Å². The monoisotopic (exact) mass is 211 g/mol. The number of rotatable bonds is 5. The smallest absolute Gasteiger partial charge is 0.326 e. The number of hydrogen-bond acceptors (Lipinski definition) is 3. The number of carbonyl (C=O) groups is 2. The number of nitrogens with zero attached hydrogens (tertiary/aromatic N) is 2. The fourth-order valence-electron chi connectivity index (χ4n) is 1.36. The molecule has 1 aromatic rings. The molecule has 6 nitrogen and oxygen atoms in total. The number of aliphatic carboxylic acids is 1. The molecular weight excluding hydrogens is 198 g/mol. The normalized spacial score (nSPS) is 12.1. The number of aryl methyl sites for hydroxylation is 2. The molecule has 15 heavy (non-hydrogen) atoms. The van der Waals surface area contributed by atoms with Gasteiger partial charge >= 0.3 is 5.97 Å². The van der Waals surface area contributed by atoms with E-state index in [1.165, 1.54) is 0 Å². The van der Waals surface area contributed by atoms with Gasteiger partial charge in [-0.2, -0.15) is 5.10 Å². The first-order valence-corrected chi connectivity index (χ1v) is 4.46. The van der Waals surface area contributed by atoms with Crippen LogP contribution in [0.4, 0.5) is 0 Å².